The van der Waals surface area contributed by atoms with Crippen LogP contribution in [0.2, 0.25) is 0 Å². The topological polar surface area (TPSA) is 90.5 Å². The third-order valence-corrected chi connectivity index (χ3v) is 7.68. The summed E-state index contributed by atoms with van der Waals surface area (Å²) in [5.41, 5.74) is 6.23. The van der Waals surface area contributed by atoms with E-state index in [4.69, 9.17) is 0 Å². The average Bonchev–Trinajstić information content (AvgIpc) is 3.00. The molecule has 0 heterocycles. The maximum Gasteiger partial charge on any atom is 0.251 e. The average molecular weight is 564 g/mol. The molecule has 6 heteroatoms. The quantitative estimate of drug-likeness (QED) is 0.174. The number of amides is 2. The van der Waals surface area contributed by atoms with E-state index in [1.54, 1.807) is 24.3 Å². The Kier molecular flexibility index (Phi) is 10.7. The molecule has 4 aromatic rings. The normalized spacial score (nSPS) is 13.9. The van der Waals surface area contributed by atoms with Gasteiger partial charge in [-0.15, -0.1) is 0 Å². The number of aliphatic hydroxyl groups is 1. The molecule has 4 N–H and O–H groups in total. The minimum atomic E-state index is -0.844. The van der Waals surface area contributed by atoms with Crippen molar-refractivity contribution in [1.29, 1.82) is 0 Å². The summed E-state index contributed by atoms with van der Waals surface area (Å²) in [6.07, 6.45) is -0.383. The van der Waals surface area contributed by atoms with Crippen LogP contribution >= 0.6 is 0 Å². The van der Waals surface area contributed by atoms with E-state index < -0.39 is 12.1 Å². The Labute approximate surface area is 249 Å². The van der Waals surface area contributed by atoms with Crippen LogP contribution in [-0.4, -0.2) is 35.6 Å². The summed E-state index contributed by atoms with van der Waals surface area (Å²) in [5.74, 6) is -0.598. The number of hydrogen-bond donors (Lipinski definition) is 4. The third-order valence-electron chi connectivity index (χ3n) is 7.68. The molecule has 0 aromatic heterocycles. The predicted molar refractivity (Wildman–Crippen MR) is 169 cm³/mol. The maximum absolute atomic E-state index is 13.4. The molecular formula is C36H41N3O3. The number of nitrogens with one attached hydrogen (secondary N) is 3. The van der Waals surface area contributed by atoms with Crippen molar-refractivity contribution in [2.75, 3.05) is 6.54 Å². The highest BCUT2D eigenvalue weighted by Crippen LogP contribution is 2.18. The fraction of sp³-hybridized carbons (Fsp3) is 0.278. The number of carbonyl (C=O) groups is 2. The minimum absolute atomic E-state index is 0.0329. The standard InChI is InChI=1S/C36H41N3O3/c1-24-17-19-29(20-18-24)26(3)37-23-34(40)33(21-28-12-6-5-7-13-28)39-36(42)31-15-10-14-30(22-31)35(41)38-27(4)32-16-9-8-11-25(32)2/h5-20,22,26-27,33-34,37,40H,21,23H2,1-4H3,(H,38,41)(H,39,42)/t26-,27?,33+,34-/m1/s1. The van der Waals surface area contributed by atoms with Gasteiger partial charge in [0.1, 0.15) is 0 Å². The molecule has 4 atom stereocenters. The highest BCUT2D eigenvalue weighted by molar-refractivity contribution is 5.99. The van der Waals surface area contributed by atoms with Crippen molar-refractivity contribution >= 4 is 11.8 Å². The summed E-state index contributed by atoms with van der Waals surface area (Å²) in [7, 11) is 0. The molecule has 42 heavy (non-hydrogen) atoms. The zero-order chi connectivity index (χ0) is 30.1. The van der Waals surface area contributed by atoms with Crippen LogP contribution in [0.1, 0.15) is 74.5 Å². The number of aliphatic hydroxyl groups excluding tert-OH is 1. The lowest BCUT2D eigenvalue weighted by Gasteiger charge is -2.26. The van der Waals surface area contributed by atoms with Gasteiger partial charge in [-0.1, -0.05) is 90.5 Å². The van der Waals surface area contributed by atoms with Gasteiger partial charge in [-0.2, -0.15) is 0 Å². The smallest absolute Gasteiger partial charge is 0.251 e. The molecule has 2 amide bonds. The number of rotatable bonds is 12. The first kappa shape index (κ1) is 30.7. The Morgan fingerprint density at radius 3 is 2.00 bits per heavy atom. The zero-order valence-corrected chi connectivity index (χ0v) is 24.8. The second-order valence-electron chi connectivity index (χ2n) is 11.0. The van der Waals surface area contributed by atoms with E-state index in [1.807, 2.05) is 68.4 Å². The summed E-state index contributed by atoms with van der Waals surface area (Å²) < 4.78 is 0. The zero-order valence-electron chi connectivity index (χ0n) is 24.8. The Morgan fingerprint density at radius 2 is 1.33 bits per heavy atom. The van der Waals surface area contributed by atoms with Crippen LogP contribution in [-0.2, 0) is 6.42 Å². The Hall–Kier alpha value is -4.26. The SMILES string of the molecule is Cc1ccc([C@@H](C)NC[C@@H](O)[C@H](Cc2ccccc2)NC(=O)c2cccc(C(=O)NC(C)c3ccccc3C)c2)cc1. The summed E-state index contributed by atoms with van der Waals surface area (Å²) >= 11 is 0. The lowest BCUT2D eigenvalue weighted by Crippen LogP contribution is -2.49. The van der Waals surface area contributed by atoms with Crippen molar-refractivity contribution in [2.45, 2.75) is 58.3 Å². The van der Waals surface area contributed by atoms with Crippen LogP contribution in [0.5, 0.6) is 0 Å². The highest BCUT2D eigenvalue weighted by Gasteiger charge is 2.24. The molecule has 0 radical (unpaired) electrons. The molecule has 0 spiro atoms. The molecule has 4 aromatic carbocycles. The molecule has 0 saturated carbocycles. The molecule has 0 bridgehead atoms. The van der Waals surface area contributed by atoms with E-state index >= 15 is 0 Å². The van der Waals surface area contributed by atoms with Crippen molar-refractivity contribution in [2.24, 2.45) is 0 Å². The minimum Gasteiger partial charge on any atom is -0.390 e. The van der Waals surface area contributed by atoms with Crippen molar-refractivity contribution in [3.8, 4) is 0 Å². The van der Waals surface area contributed by atoms with E-state index in [-0.39, 0.29) is 23.9 Å². The first-order valence-corrected chi connectivity index (χ1v) is 14.5. The van der Waals surface area contributed by atoms with Crippen LogP contribution in [0.15, 0.2) is 103 Å². The Bertz CT molecular complexity index is 1470. The second kappa shape index (κ2) is 14.6. The molecule has 0 aliphatic heterocycles. The van der Waals surface area contributed by atoms with Gasteiger partial charge in [0, 0.05) is 23.7 Å². The lowest BCUT2D eigenvalue weighted by atomic mass is 9.99. The van der Waals surface area contributed by atoms with Gasteiger partial charge in [0.15, 0.2) is 0 Å². The number of hydrogen-bond acceptors (Lipinski definition) is 4. The Balaban J connectivity index is 1.44. The third kappa shape index (κ3) is 8.38. The van der Waals surface area contributed by atoms with Crippen LogP contribution < -0.4 is 16.0 Å². The molecule has 0 saturated heterocycles. The van der Waals surface area contributed by atoms with Crippen LogP contribution in [0.25, 0.3) is 0 Å². The largest absolute Gasteiger partial charge is 0.390 e. The molecule has 6 nitrogen and oxygen atoms in total. The van der Waals surface area contributed by atoms with Gasteiger partial charge in [0.05, 0.1) is 18.2 Å². The molecule has 218 valence electrons. The summed E-state index contributed by atoms with van der Waals surface area (Å²) in [5, 5.41) is 20.7. The van der Waals surface area contributed by atoms with Crippen LogP contribution in [0, 0.1) is 13.8 Å². The van der Waals surface area contributed by atoms with Crippen molar-refractivity contribution in [3.05, 3.63) is 142 Å². The summed E-state index contributed by atoms with van der Waals surface area (Å²) in [6, 6.07) is 32.0. The van der Waals surface area contributed by atoms with Crippen LogP contribution in [0.3, 0.4) is 0 Å². The van der Waals surface area contributed by atoms with Crippen molar-refractivity contribution < 1.29 is 14.7 Å². The van der Waals surface area contributed by atoms with Gasteiger partial charge in [0.25, 0.3) is 11.8 Å². The fourth-order valence-corrected chi connectivity index (χ4v) is 5.05. The molecule has 0 fully saturated rings. The number of benzene rings is 4. The van der Waals surface area contributed by atoms with Gasteiger partial charge in [-0.25, -0.2) is 0 Å². The van der Waals surface area contributed by atoms with E-state index in [2.05, 4.69) is 54.1 Å². The van der Waals surface area contributed by atoms with Gasteiger partial charge < -0.3 is 21.1 Å². The van der Waals surface area contributed by atoms with Gasteiger partial charge in [-0.05, 0) is 74.6 Å². The maximum atomic E-state index is 13.4. The van der Waals surface area contributed by atoms with Gasteiger partial charge in [0.2, 0.25) is 0 Å². The number of carbonyl (C=O) groups excluding carboxylic acids is 2. The molecule has 4 rings (SSSR count). The van der Waals surface area contributed by atoms with E-state index in [0.29, 0.717) is 24.1 Å². The number of aryl methyl sites for hydroxylation is 2. The lowest BCUT2D eigenvalue weighted by molar-refractivity contribution is 0.0825. The summed E-state index contributed by atoms with van der Waals surface area (Å²) in [4.78, 5) is 26.5. The fourth-order valence-electron chi connectivity index (χ4n) is 5.05. The highest BCUT2D eigenvalue weighted by atomic mass is 16.3. The molecule has 1 unspecified atom stereocenters. The first-order valence-electron chi connectivity index (χ1n) is 14.5. The van der Waals surface area contributed by atoms with Gasteiger partial charge >= 0.3 is 0 Å². The summed E-state index contributed by atoms with van der Waals surface area (Å²) in [6.45, 7) is 8.36. The molecular weight excluding hydrogens is 522 g/mol. The Morgan fingerprint density at radius 1 is 0.714 bits per heavy atom. The predicted octanol–water partition coefficient (Wildman–Crippen LogP) is 5.85. The molecule has 0 aliphatic carbocycles. The van der Waals surface area contributed by atoms with Gasteiger partial charge in [-0.3, -0.25) is 9.59 Å². The molecule has 0 aliphatic rings. The first-order chi connectivity index (χ1) is 20.2. The van der Waals surface area contributed by atoms with Crippen LogP contribution in [0.4, 0.5) is 0 Å². The second-order valence-corrected chi connectivity index (χ2v) is 11.0. The van der Waals surface area contributed by atoms with Crippen molar-refractivity contribution in [3.63, 3.8) is 0 Å². The van der Waals surface area contributed by atoms with E-state index in [9.17, 15) is 14.7 Å². The van der Waals surface area contributed by atoms with E-state index in [0.717, 1.165) is 22.3 Å². The van der Waals surface area contributed by atoms with E-state index in [1.165, 1.54) is 5.56 Å². The van der Waals surface area contributed by atoms with Crippen molar-refractivity contribution in [1.82, 2.24) is 16.0 Å². The monoisotopic (exact) mass is 563 g/mol.